The number of hydrogen-bond acceptors (Lipinski definition) is 5. The van der Waals surface area contributed by atoms with Crippen LogP contribution in [0.25, 0.3) is 0 Å². The Hall–Kier alpha value is -3.47. The average molecular weight is 625 g/mol. The quantitative estimate of drug-likeness (QED) is 0.184. The van der Waals surface area contributed by atoms with Crippen molar-refractivity contribution in [2.75, 3.05) is 0 Å². The van der Waals surface area contributed by atoms with Crippen LogP contribution >= 0.6 is 11.8 Å². The number of aliphatic carboxylic acids is 2. The number of H-pyrrole nitrogens is 2. The van der Waals surface area contributed by atoms with Gasteiger partial charge in [-0.2, -0.15) is 0 Å². The predicted molar refractivity (Wildman–Crippen MR) is 169 cm³/mol. The zero-order valence-corrected chi connectivity index (χ0v) is 27.2. The number of thioether (sulfide) groups is 1. The van der Waals surface area contributed by atoms with Crippen molar-refractivity contribution >= 4 is 35.5 Å². The predicted octanol–water partition coefficient (Wildman–Crippen LogP) is 3.90. The zero-order chi connectivity index (χ0) is 32.1. The second-order valence-corrected chi connectivity index (χ2v) is 14.3. The molecule has 0 radical (unpaired) electrons. The van der Waals surface area contributed by atoms with E-state index in [1.165, 1.54) is 0 Å². The Labute approximate surface area is 262 Å². The summed E-state index contributed by atoms with van der Waals surface area (Å²) in [6.45, 7) is 12.1. The van der Waals surface area contributed by atoms with E-state index in [1.54, 1.807) is 0 Å². The lowest BCUT2D eigenvalue weighted by Crippen LogP contribution is -2.37. The molecule has 2 aromatic rings. The fourth-order valence-electron chi connectivity index (χ4n) is 7.56. The van der Waals surface area contributed by atoms with Crippen LogP contribution in [0.4, 0.5) is 0 Å². The van der Waals surface area contributed by atoms with Gasteiger partial charge in [-0.15, -0.1) is 11.8 Å². The smallest absolute Gasteiger partial charge is 0.303 e. The van der Waals surface area contributed by atoms with Gasteiger partial charge in [0.1, 0.15) is 0 Å². The van der Waals surface area contributed by atoms with E-state index in [-0.39, 0.29) is 47.4 Å². The SMILES string of the molecule is CCC1=C(C)[C@@H](Cc2[nH]c(Cc3[nH]c(C[C@@H]4NC(=O)C(C)[C@]45S[C@H]5C)c(C)c3CCC(=O)O)c(CCC(=O)O)c2C)NC1=O. The normalized spacial score (nSPS) is 26.0. The number of amides is 2. The molecule has 5 heterocycles. The van der Waals surface area contributed by atoms with Crippen LogP contribution in [-0.4, -0.2) is 66.0 Å². The van der Waals surface area contributed by atoms with Gasteiger partial charge in [0.25, 0.3) is 0 Å². The number of aromatic amines is 2. The average Bonchev–Trinajstić information content (AvgIpc) is 3.13. The summed E-state index contributed by atoms with van der Waals surface area (Å²) in [6, 6.07) is -0.140. The van der Waals surface area contributed by atoms with Crippen LogP contribution in [0, 0.1) is 19.8 Å². The third-order valence-corrected chi connectivity index (χ3v) is 12.2. The Morgan fingerprint density at radius 3 is 1.82 bits per heavy atom. The van der Waals surface area contributed by atoms with Crippen molar-refractivity contribution in [1.29, 1.82) is 0 Å². The number of carbonyl (C=O) groups is 4. The van der Waals surface area contributed by atoms with Gasteiger partial charge in [0.2, 0.25) is 11.8 Å². The summed E-state index contributed by atoms with van der Waals surface area (Å²) in [5.41, 5.74) is 9.53. The van der Waals surface area contributed by atoms with Crippen molar-refractivity contribution in [2.24, 2.45) is 5.92 Å². The summed E-state index contributed by atoms with van der Waals surface area (Å²) in [5, 5.41) is 25.7. The first-order valence-electron chi connectivity index (χ1n) is 15.6. The number of carboxylic acids is 2. The third-order valence-electron chi connectivity index (χ3n) is 10.3. The molecule has 1 unspecified atom stereocenters. The van der Waals surface area contributed by atoms with Crippen LogP contribution in [0.2, 0.25) is 0 Å². The lowest BCUT2D eigenvalue weighted by atomic mass is 9.86. The molecule has 0 saturated carbocycles. The summed E-state index contributed by atoms with van der Waals surface area (Å²) >= 11 is 1.85. The highest BCUT2D eigenvalue weighted by Crippen LogP contribution is 2.62. The van der Waals surface area contributed by atoms with Crippen LogP contribution in [0.15, 0.2) is 11.1 Å². The Morgan fingerprint density at radius 2 is 1.36 bits per heavy atom. The highest BCUT2D eigenvalue weighted by molar-refractivity contribution is 8.08. The third kappa shape index (κ3) is 5.71. The largest absolute Gasteiger partial charge is 0.481 e. The molecule has 3 aliphatic heterocycles. The van der Waals surface area contributed by atoms with Gasteiger partial charge in [0.05, 0.1) is 22.7 Å². The van der Waals surface area contributed by atoms with Crippen LogP contribution in [0.1, 0.15) is 92.0 Å². The maximum Gasteiger partial charge on any atom is 0.303 e. The number of carboxylic acid groups (broad SMARTS) is 2. The molecule has 11 heteroatoms. The molecular weight excluding hydrogens is 580 g/mol. The first-order chi connectivity index (χ1) is 20.8. The molecule has 44 heavy (non-hydrogen) atoms. The van der Waals surface area contributed by atoms with Crippen molar-refractivity contribution < 1.29 is 29.4 Å². The number of nitrogens with one attached hydrogen (secondary N) is 4. The minimum absolute atomic E-state index is 0.00716. The van der Waals surface area contributed by atoms with Crippen LogP contribution in [0.5, 0.6) is 0 Å². The number of aromatic nitrogens is 2. The summed E-state index contributed by atoms with van der Waals surface area (Å²) in [7, 11) is 0. The zero-order valence-electron chi connectivity index (χ0n) is 26.4. The molecule has 3 aliphatic rings. The highest BCUT2D eigenvalue weighted by atomic mass is 32.2. The van der Waals surface area contributed by atoms with Gasteiger partial charge >= 0.3 is 11.9 Å². The van der Waals surface area contributed by atoms with E-state index in [0.29, 0.717) is 43.8 Å². The molecular formula is C33H44N4O6S. The molecule has 6 N–H and O–H groups in total. The van der Waals surface area contributed by atoms with Gasteiger partial charge < -0.3 is 30.8 Å². The van der Waals surface area contributed by atoms with Gasteiger partial charge in [-0.1, -0.05) is 20.8 Å². The van der Waals surface area contributed by atoms with E-state index in [0.717, 1.165) is 56.2 Å². The number of hydrogen-bond donors (Lipinski definition) is 6. The molecule has 0 aromatic carbocycles. The molecule has 1 spiro atoms. The topological polar surface area (TPSA) is 164 Å². The number of carbonyl (C=O) groups excluding carboxylic acids is 2. The standard InChI is InChI=1S/C33H44N4O6S/c1-7-20-15(2)24(36-32(20)43)12-23-16(3)21(8-10-29(38)39)26(34-23)13-27-22(9-11-30(40)41)17(4)25(35-27)14-28-33(19(6)44-33)18(5)31(42)37-28/h18-19,24,28,34-35H,7-14H2,1-6H3,(H,36,43)(H,37,42)(H,38,39)(H,40,41)/t18?,19-,24+,28-,33+/m0/s1. The van der Waals surface area contributed by atoms with Crippen LogP contribution < -0.4 is 10.6 Å². The lowest BCUT2D eigenvalue weighted by molar-refractivity contribution is -0.138. The van der Waals surface area contributed by atoms with Crippen molar-refractivity contribution in [3.63, 3.8) is 0 Å². The molecule has 2 saturated heterocycles. The summed E-state index contributed by atoms with van der Waals surface area (Å²) < 4.78 is -0.120. The fourth-order valence-corrected chi connectivity index (χ4v) is 9.09. The first-order valence-corrected chi connectivity index (χ1v) is 16.5. The van der Waals surface area contributed by atoms with Gasteiger partial charge in [0, 0.05) is 65.7 Å². The van der Waals surface area contributed by atoms with Crippen LogP contribution in [-0.2, 0) is 51.3 Å². The summed E-state index contributed by atoms with van der Waals surface area (Å²) in [4.78, 5) is 55.5. The monoisotopic (exact) mass is 624 g/mol. The maximum atomic E-state index is 12.7. The Balaban J connectivity index is 1.48. The minimum atomic E-state index is -0.874. The van der Waals surface area contributed by atoms with E-state index >= 15 is 0 Å². The van der Waals surface area contributed by atoms with E-state index in [1.807, 2.05) is 46.4 Å². The van der Waals surface area contributed by atoms with Gasteiger partial charge in [0.15, 0.2) is 0 Å². The first kappa shape index (κ1) is 31.9. The molecule has 5 atom stereocenters. The summed E-state index contributed by atoms with van der Waals surface area (Å²) in [5.74, 6) is -1.76. The van der Waals surface area contributed by atoms with Crippen molar-refractivity contribution in [3.05, 3.63) is 56.2 Å². The van der Waals surface area contributed by atoms with E-state index in [9.17, 15) is 29.4 Å². The van der Waals surface area contributed by atoms with Crippen molar-refractivity contribution in [3.8, 4) is 0 Å². The molecule has 0 aliphatic carbocycles. The second kappa shape index (κ2) is 12.1. The van der Waals surface area contributed by atoms with E-state index in [2.05, 4.69) is 27.5 Å². The van der Waals surface area contributed by atoms with Gasteiger partial charge in [-0.3, -0.25) is 19.2 Å². The lowest BCUT2D eigenvalue weighted by Gasteiger charge is -2.19. The van der Waals surface area contributed by atoms with E-state index < -0.39 is 11.9 Å². The minimum Gasteiger partial charge on any atom is -0.481 e. The maximum absolute atomic E-state index is 12.7. The van der Waals surface area contributed by atoms with Gasteiger partial charge in [-0.05, 0) is 67.9 Å². The van der Waals surface area contributed by atoms with Crippen molar-refractivity contribution in [2.45, 2.75) is 115 Å². The molecule has 2 amide bonds. The second-order valence-electron chi connectivity index (χ2n) is 12.7. The van der Waals surface area contributed by atoms with Crippen LogP contribution in [0.3, 0.4) is 0 Å². The number of rotatable bonds is 13. The van der Waals surface area contributed by atoms with Crippen molar-refractivity contribution in [1.82, 2.24) is 20.6 Å². The molecule has 238 valence electrons. The molecule has 2 fully saturated rings. The fraction of sp³-hybridized carbons (Fsp3) is 0.576. The Kier molecular flexibility index (Phi) is 8.81. The Morgan fingerprint density at radius 1 is 0.841 bits per heavy atom. The Bertz CT molecular complexity index is 1550. The molecule has 5 rings (SSSR count). The molecule has 10 nitrogen and oxygen atoms in total. The van der Waals surface area contributed by atoms with Gasteiger partial charge in [-0.25, -0.2) is 0 Å². The molecule has 0 bridgehead atoms. The molecule has 2 aromatic heterocycles. The van der Waals surface area contributed by atoms with E-state index in [4.69, 9.17) is 0 Å². The highest BCUT2D eigenvalue weighted by Gasteiger charge is 2.67. The summed E-state index contributed by atoms with van der Waals surface area (Å²) in [6.07, 6.45) is 3.04.